The quantitative estimate of drug-likeness (QED) is 0.228. The normalized spacial score (nSPS) is 10.8. The number of rotatable bonds is 7. The minimum absolute atomic E-state index is 0.189. The van der Waals surface area contributed by atoms with Gasteiger partial charge in [-0.3, -0.25) is 0 Å². The van der Waals surface area contributed by atoms with Crippen LogP contribution in [0.15, 0.2) is 20.8 Å². The number of ether oxygens (including phenoxy) is 2. The molecule has 0 aliphatic heterocycles. The van der Waals surface area contributed by atoms with E-state index in [4.69, 9.17) is 9.47 Å². The van der Waals surface area contributed by atoms with Gasteiger partial charge in [-0.1, -0.05) is 0 Å². The van der Waals surface area contributed by atoms with Gasteiger partial charge in [-0.2, -0.15) is 0 Å². The van der Waals surface area contributed by atoms with Crippen LogP contribution in [0.1, 0.15) is 13.8 Å². The summed E-state index contributed by atoms with van der Waals surface area (Å²) in [5, 5.41) is 0. The van der Waals surface area contributed by atoms with Gasteiger partial charge in [0.2, 0.25) is 0 Å². The molecule has 0 aliphatic rings. The Kier molecular flexibility index (Phi) is 8.01. The van der Waals surface area contributed by atoms with Gasteiger partial charge >= 0.3 is 126 Å². The summed E-state index contributed by atoms with van der Waals surface area (Å²) in [7, 11) is 0. The molecule has 4 nitrogen and oxygen atoms in total. The summed E-state index contributed by atoms with van der Waals surface area (Å²) in [5.74, 6) is -0.475. The number of hydrogen-bond donors (Lipinski definition) is 0. The molecular weight excluding hydrogens is 450 g/mol. The molecule has 0 aliphatic carbocycles. The molecule has 0 N–H and O–H groups in total. The van der Waals surface area contributed by atoms with Crippen LogP contribution < -0.4 is 21.2 Å². The zero-order valence-corrected chi connectivity index (χ0v) is 14.1. The van der Waals surface area contributed by atoms with Crippen LogP contribution in [-0.2, 0) is 14.3 Å². The Labute approximate surface area is 125 Å². The third-order valence-corrected chi connectivity index (χ3v) is 4.23. The summed E-state index contributed by atoms with van der Waals surface area (Å²) >= 11 is 1.25. The predicted molar refractivity (Wildman–Crippen MR) is 69.4 cm³/mol. The van der Waals surface area contributed by atoms with Crippen LogP contribution in [0, 0.1) is 5.41 Å². The molecule has 0 spiro atoms. The van der Waals surface area contributed by atoms with Gasteiger partial charge in [-0.05, 0) is 0 Å². The summed E-state index contributed by atoms with van der Waals surface area (Å²) in [6.45, 7) is 11.1. The molecule has 0 radical (unpaired) electrons. The van der Waals surface area contributed by atoms with Gasteiger partial charge in [0, 0.05) is 0 Å². The Hall–Kier alpha value is -0.120. The first-order valence-electron chi connectivity index (χ1n) is 4.72. The van der Waals surface area contributed by atoms with E-state index in [2.05, 4.69) is 13.2 Å². The molecule has 0 heterocycles. The molecule has 0 aromatic carbocycles. The summed E-state index contributed by atoms with van der Waals surface area (Å²) in [5.41, 5.74) is -0.398. The van der Waals surface area contributed by atoms with E-state index in [9.17, 15) is 9.59 Å². The van der Waals surface area contributed by atoms with Crippen molar-refractivity contribution in [2.75, 3.05) is 13.2 Å². The Morgan fingerprint density at radius 1 is 1.35 bits per heavy atom. The number of carbonyl (C=O) groups excluding carboxylic acids is 2. The first-order chi connectivity index (χ1) is 7.76. The van der Waals surface area contributed by atoms with E-state index in [-0.39, 0.29) is 17.2 Å². The van der Waals surface area contributed by atoms with Crippen LogP contribution in [0.25, 0.3) is 0 Å². The van der Waals surface area contributed by atoms with Gasteiger partial charge < -0.3 is 0 Å². The van der Waals surface area contributed by atoms with Crippen molar-refractivity contribution in [3.63, 3.8) is 0 Å². The summed E-state index contributed by atoms with van der Waals surface area (Å²) in [6, 6.07) is 0. The summed E-state index contributed by atoms with van der Waals surface area (Å²) in [6.07, 6.45) is 1.10. The first-order valence-corrected chi connectivity index (χ1v) is 7.95. The zero-order chi connectivity index (χ0) is 13.5. The van der Waals surface area contributed by atoms with Gasteiger partial charge in [0.1, 0.15) is 0 Å². The van der Waals surface area contributed by atoms with E-state index < -0.39 is 32.6 Å². The number of halogens is 2. The Bertz CT molecular complexity index is 323. The Morgan fingerprint density at radius 2 is 1.88 bits per heavy atom. The second-order valence-electron chi connectivity index (χ2n) is 3.94. The van der Waals surface area contributed by atoms with Crippen LogP contribution in [-0.4, -0.2) is 23.2 Å². The fourth-order valence-corrected chi connectivity index (χ4v) is 2.64. The fraction of sp³-hybridized carbons (Fsp3) is 0.455. The number of carbonyl (C=O) groups is 2. The molecule has 0 amide bonds. The maximum absolute atomic E-state index is 11.3. The molecular formula is C11H15I2O4-. The number of hydrogen-bond acceptors (Lipinski definition) is 4. The second-order valence-corrected chi connectivity index (χ2v) is 10.0. The van der Waals surface area contributed by atoms with Crippen molar-refractivity contribution < 1.29 is 40.3 Å². The number of esters is 1. The van der Waals surface area contributed by atoms with Crippen LogP contribution in [0.3, 0.4) is 0 Å². The Balaban J connectivity index is 4.00. The molecule has 0 rings (SSSR count). The molecule has 0 aromatic rings. The zero-order valence-electron chi connectivity index (χ0n) is 9.79. The molecule has 17 heavy (non-hydrogen) atoms. The van der Waals surface area contributed by atoms with Gasteiger partial charge in [0.15, 0.2) is 0 Å². The summed E-state index contributed by atoms with van der Waals surface area (Å²) in [4.78, 5) is 22.2. The van der Waals surface area contributed by atoms with Gasteiger partial charge in [-0.15, -0.1) is 0 Å². The third-order valence-electron chi connectivity index (χ3n) is 1.53. The molecule has 0 saturated carbocycles. The van der Waals surface area contributed by atoms with Crippen molar-refractivity contribution in [3.05, 3.63) is 20.8 Å². The topological polar surface area (TPSA) is 52.6 Å². The van der Waals surface area contributed by atoms with Crippen molar-refractivity contribution in [2.45, 2.75) is 13.8 Å². The van der Waals surface area contributed by atoms with E-state index in [1.54, 1.807) is 0 Å². The van der Waals surface area contributed by atoms with Gasteiger partial charge in [-0.25, -0.2) is 0 Å². The van der Waals surface area contributed by atoms with Gasteiger partial charge in [0.05, 0.1) is 0 Å². The molecule has 0 bridgehead atoms. The molecule has 98 valence electrons. The van der Waals surface area contributed by atoms with E-state index in [1.807, 2.05) is 36.4 Å². The standard InChI is InChI=1S/C11H15I2O4/c1-5-9(14)16-6-11(3,4)7-17-10(15)13-8(2)12/h5H,1-2,6-7H2,3-4H3/q-1. The Morgan fingerprint density at radius 3 is 2.35 bits per heavy atom. The van der Waals surface area contributed by atoms with E-state index >= 15 is 0 Å². The van der Waals surface area contributed by atoms with E-state index in [1.165, 1.54) is 0 Å². The molecule has 0 atom stereocenters. The van der Waals surface area contributed by atoms with Crippen molar-refractivity contribution in [3.8, 4) is 0 Å². The molecule has 0 fully saturated rings. The van der Waals surface area contributed by atoms with Gasteiger partial charge in [0.25, 0.3) is 0 Å². The molecule has 0 saturated heterocycles. The molecule has 6 heteroatoms. The SMILES string of the molecule is C=CC(=O)OCC(C)(C)COC(=O)[I-]C(=C)I. The first kappa shape index (κ1) is 16.9. The van der Waals surface area contributed by atoms with E-state index in [0.717, 1.165) is 7.66 Å². The molecule has 0 aromatic heterocycles. The monoisotopic (exact) mass is 465 g/mol. The van der Waals surface area contributed by atoms with E-state index in [0.29, 0.717) is 0 Å². The average Bonchev–Trinajstić information content (AvgIpc) is 2.22. The van der Waals surface area contributed by atoms with Crippen LogP contribution in [0.4, 0.5) is 4.79 Å². The fourth-order valence-electron chi connectivity index (χ4n) is 0.730. The van der Waals surface area contributed by atoms with Crippen molar-refractivity contribution >= 4 is 32.5 Å². The van der Waals surface area contributed by atoms with Crippen LogP contribution in [0.5, 0.6) is 0 Å². The average molecular weight is 465 g/mol. The molecule has 0 unspecified atom stereocenters. The van der Waals surface area contributed by atoms with Crippen molar-refractivity contribution in [1.29, 1.82) is 0 Å². The second kappa shape index (κ2) is 8.06. The summed E-state index contributed by atoms with van der Waals surface area (Å²) < 4.78 is 10.6. The van der Waals surface area contributed by atoms with Crippen molar-refractivity contribution in [2.24, 2.45) is 5.41 Å². The third kappa shape index (κ3) is 9.57. The van der Waals surface area contributed by atoms with Crippen LogP contribution in [0.2, 0.25) is 0 Å². The maximum atomic E-state index is 11.3. The minimum atomic E-state index is -0.771. The van der Waals surface area contributed by atoms with Crippen molar-refractivity contribution in [1.82, 2.24) is 0 Å². The predicted octanol–water partition coefficient (Wildman–Crippen LogP) is -0.126. The van der Waals surface area contributed by atoms with Crippen LogP contribution >= 0.6 is 22.6 Å².